The van der Waals surface area contributed by atoms with Crippen molar-refractivity contribution in [2.75, 3.05) is 20.1 Å². The van der Waals surface area contributed by atoms with Crippen LogP contribution in [0.25, 0.3) is 0 Å². The zero-order valence-electron chi connectivity index (χ0n) is 13.6. The summed E-state index contributed by atoms with van der Waals surface area (Å²) >= 11 is 0. The molecule has 2 unspecified atom stereocenters. The largest absolute Gasteiger partial charge is 0.371 e. The second-order valence-electron chi connectivity index (χ2n) is 7.15. The topological polar surface area (TPSA) is 24.5 Å². The maximum atomic E-state index is 6.20. The number of hydrogen-bond acceptors (Lipinski definition) is 3. The second-order valence-corrected chi connectivity index (χ2v) is 7.15. The average molecular weight is 288 g/mol. The quantitative estimate of drug-likeness (QED) is 0.921. The van der Waals surface area contributed by atoms with E-state index in [1.165, 1.54) is 24.0 Å². The molecule has 3 heteroatoms. The Hall–Kier alpha value is -0.900. The van der Waals surface area contributed by atoms with Crippen molar-refractivity contribution >= 4 is 0 Å². The molecule has 21 heavy (non-hydrogen) atoms. The number of rotatable bonds is 4. The zero-order valence-corrected chi connectivity index (χ0v) is 13.6. The summed E-state index contributed by atoms with van der Waals surface area (Å²) in [6.45, 7) is 7.59. The highest BCUT2D eigenvalue weighted by Crippen LogP contribution is 2.31. The van der Waals surface area contributed by atoms with Crippen molar-refractivity contribution in [3.05, 3.63) is 35.4 Å². The van der Waals surface area contributed by atoms with E-state index in [-0.39, 0.29) is 5.60 Å². The molecule has 2 heterocycles. The first-order valence-electron chi connectivity index (χ1n) is 8.21. The summed E-state index contributed by atoms with van der Waals surface area (Å²) in [7, 11) is 2.05. The van der Waals surface area contributed by atoms with Gasteiger partial charge in [-0.05, 0) is 51.3 Å². The van der Waals surface area contributed by atoms with Crippen LogP contribution in [0.2, 0.25) is 0 Å². The van der Waals surface area contributed by atoms with Gasteiger partial charge in [0, 0.05) is 25.7 Å². The van der Waals surface area contributed by atoms with Gasteiger partial charge >= 0.3 is 0 Å². The van der Waals surface area contributed by atoms with Gasteiger partial charge < -0.3 is 10.1 Å². The molecule has 1 fully saturated rings. The standard InChI is InChI=1S/C18H28N2O/c1-18(2)9-8-17(21-18)13-20-12-15-7-5-4-6-14(15)10-16(20)11-19-3/h4-7,16-17,19H,8-13H2,1-3H3. The molecule has 2 atom stereocenters. The van der Waals surface area contributed by atoms with Crippen LogP contribution in [0.1, 0.15) is 37.8 Å². The lowest BCUT2D eigenvalue weighted by atomic mass is 9.93. The van der Waals surface area contributed by atoms with Gasteiger partial charge in [0.15, 0.2) is 0 Å². The Morgan fingerprint density at radius 2 is 2.05 bits per heavy atom. The summed E-state index contributed by atoms with van der Waals surface area (Å²) in [6.07, 6.45) is 3.91. The molecule has 0 aliphatic carbocycles. The molecule has 3 rings (SSSR count). The highest BCUT2D eigenvalue weighted by atomic mass is 16.5. The van der Waals surface area contributed by atoms with Crippen LogP contribution in [0.15, 0.2) is 24.3 Å². The first-order chi connectivity index (χ1) is 10.1. The molecule has 0 radical (unpaired) electrons. The Kier molecular flexibility index (Phi) is 4.34. The summed E-state index contributed by atoms with van der Waals surface area (Å²) in [5.41, 5.74) is 3.07. The molecule has 1 N–H and O–H groups in total. The van der Waals surface area contributed by atoms with Crippen molar-refractivity contribution in [2.24, 2.45) is 0 Å². The van der Waals surface area contributed by atoms with Gasteiger partial charge in [0.2, 0.25) is 0 Å². The van der Waals surface area contributed by atoms with Gasteiger partial charge in [-0.15, -0.1) is 0 Å². The second kappa shape index (κ2) is 6.07. The SMILES string of the molecule is CNCC1Cc2ccccc2CN1CC1CCC(C)(C)O1. The minimum Gasteiger partial charge on any atom is -0.371 e. The van der Waals surface area contributed by atoms with Gasteiger partial charge in [-0.2, -0.15) is 0 Å². The van der Waals surface area contributed by atoms with Crippen molar-refractivity contribution in [2.45, 2.75) is 57.4 Å². The molecule has 2 aliphatic rings. The van der Waals surface area contributed by atoms with Crippen LogP contribution in [0.4, 0.5) is 0 Å². The van der Waals surface area contributed by atoms with Crippen LogP contribution < -0.4 is 5.32 Å². The lowest BCUT2D eigenvalue weighted by Crippen LogP contribution is -2.48. The number of nitrogens with zero attached hydrogens (tertiary/aromatic N) is 1. The lowest BCUT2D eigenvalue weighted by molar-refractivity contribution is -0.0361. The molecule has 0 spiro atoms. The van der Waals surface area contributed by atoms with E-state index in [4.69, 9.17) is 4.74 Å². The third-order valence-electron chi connectivity index (χ3n) is 4.90. The van der Waals surface area contributed by atoms with Gasteiger partial charge in [-0.25, -0.2) is 0 Å². The van der Waals surface area contributed by atoms with Gasteiger partial charge in [-0.1, -0.05) is 24.3 Å². The number of likely N-dealkylation sites (N-methyl/N-ethyl adjacent to an activating group) is 1. The van der Waals surface area contributed by atoms with Crippen LogP contribution in [-0.4, -0.2) is 42.8 Å². The first-order valence-corrected chi connectivity index (χ1v) is 8.21. The average Bonchev–Trinajstić information content (AvgIpc) is 2.79. The summed E-state index contributed by atoms with van der Waals surface area (Å²) in [5, 5.41) is 3.36. The summed E-state index contributed by atoms with van der Waals surface area (Å²) in [6, 6.07) is 9.46. The van der Waals surface area contributed by atoms with Crippen molar-refractivity contribution < 1.29 is 4.74 Å². The van der Waals surface area contributed by atoms with Gasteiger partial charge in [0.1, 0.15) is 0 Å². The molecule has 1 aromatic rings. The number of fused-ring (bicyclic) bond motifs is 1. The Morgan fingerprint density at radius 1 is 1.29 bits per heavy atom. The van der Waals surface area contributed by atoms with E-state index in [0.29, 0.717) is 12.1 Å². The zero-order chi connectivity index (χ0) is 14.9. The molecule has 3 nitrogen and oxygen atoms in total. The minimum atomic E-state index is 0.0663. The molecular weight excluding hydrogens is 260 g/mol. The van der Waals surface area contributed by atoms with Crippen molar-refractivity contribution in [3.63, 3.8) is 0 Å². The molecule has 1 aromatic carbocycles. The van der Waals surface area contributed by atoms with Gasteiger partial charge in [0.25, 0.3) is 0 Å². The van der Waals surface area contributed by atoms with E-state index in [2.05, 4.69) is 48.3 Å². The fourth-order valence-corrected chi connectivity index (χ4v) is 3.76. The number of benzene rings is 1. The van der Waals surface area contributed by atoms with Crippen molar-refractivity contribution in [1.29, 1.82) is 0 Å². The third kappa shape index (κ3) is 3.47. The molecular formula is C18H28N2O. The molecule has 2 aliphatic heterocycles. The predicted octanol–water partition coefficient (Wildman–Crippen LogP) is 2.59. The minimum absolute atomic E-state index is 0.0663. The molecule has 0 aromatic heterocycles. The lowest BCUT2D eigenvalue weighted by Gasteiger charge is -2.38. The fourth-order valence-electron chi connectivity index (χ4n) is 3.76. The third-order valence-corrected chi connectivity index (χ3v) is 4.90. The summed E-state index contributed by atoms with van der Waals surface area (Å²) in [5.74, 6) is 0. The Labute approximate surface area is 128 Å². The smallest absolute Gasteiger partial charge is 0.0710 e. The number of hydrogen-bond donors (Lipinski definition) is 1. The predicted molar refractivity (Wildman–Crippen MR) is 86.5 cm³/mol. The van der Waals surface area contributed by atoms with Crippen molar-refractivity contribution in [1.82, 2.24) is 10.2 Å². The molecule has 116 valence electrons. The van der Waals surface area contributed by atoms with E-state index in [1.807, 2.05) is 7.05 Å². The van der Waals surface area contributed by atoms with Crippen LogP contribution in [0, 0.1) is 0 Å². The van der Waals surface area contributed by atoms with E-state index >= 15 is 0 Å². The maximum absolute atomic E-state index is 6.20. The van der Waals surface area contributed by atoms with E-state index in [9.17, 15) is 0 Å². The molecule has 1 saturated heterocycles. The molecule has 0 bridgehead atoms. The summed E-state index contributed by atoms with van der Waals surface area (Å²) < 4.78 is 6.20. The number of ether oxygens (including phenoxy) is 1. The normalized spacial score (nSPS) is 28.5. The van der Waals surface area contributed by atoms with E-state index in [1.54, 1.807) is 0 Å². The highest BCUT2D eigenvalue weighted by molar-refractivity contribution is 5.30. The van der Waals surface area contributed by atoms with Gasteiger partial charge in [-0.3, -0.25) is 4.90 Å². The maximum Gasteiger partial charge on any atom is 0.0710 e. The van der Waals surface area contributed by atoms with E-state index < -0.39 is 0 Å². The van der Waals surface area contributed by atoms with Crippen LogP contribution in [0.5, 0.6) is 0 Å². The molecule has 0 amide bonds. The Morgan fingerprint density at radius 3 is 2.71 bits per heavy atom. The van der Waals surface area contributed by atoms with Crippen molar-refractivity contribution in [3.8, 4) is 0 Å². The Balaban J connectivity index is 1.70. The summed E-state index contributed by atoms with van der Waals surface area (Å²) in [4.78, 5) is 2.62. The van der Waals surface area contributed by atoms with Gasteiger partial charge in [0.05, 0.1) is 11.7 Å². The van der Waals surface area contributed by atoms with Crippen LogP contribution in [-0.2, 0) is 17.7 Å². The first kappa shape index (κ1) is 15.0. The van der Waals surface area contributed by atoms with E-state index in [0.717, 1.165) is 26.1 Å². The monoisotopic (exact) mass is 288 g/mol. The van der Waals surface area contributed by atoms with Crippen LogP contribution >= 0.6 is 0 Å². The van der Waals surface area contributed by atoms with Crippen LogP contribution in [0.3, 0.4) is 0 Å². The highest BCUT2D eigenvalue weighted by Gasteiger charge is 2.35. The fraction of sp³-hybridized carbons (Fsp3) is 0.667. The molecule has 0 saturated carbocycles. The Bertz CT molecular complexity index is 486. The number of nitrogens with one attached hydrogen (secondary N) is 1.